The molecule has 0 radical (unpaired) electrons. The van der Waals surface area contributed by atoms with Gasteiger partial charge in [0.15, 0.2) is 5.16 Å². The van der Waals surface area contributed by atoms with Gasteiger partial charge < -0.3 is 10.2 Å². The van der Waals surface area contributed by atoms with Gasteiger partial charge in [-0.2, -0.15) is 0 Å². The summed E-state index contributed by atoms with van der Waals surface area (Å²) in [6.07, 6.45) is 0.921. The highest BCUT2D eigenvalue weighted by Crippen LogP contribution is 2.30. The molecule has 4 rings (SSSR count). The van der Waals surface area contributed by atoms with Crippen LogP contribution in [0.4, 0.5) is 5.69 Å². The number of benzene rings is 1. The summed E-state index contributed by atoms with van der Waals surface area (Å²) in [4.78, 5) is 33.8. The SMILES string of the molecule is CCn1c(SCC(=O)Nc2ccc(Br)cc2)nc2sc3c(c2c1=O)CC[NH+](C)C3. The molecular weight excluding hydrogens is 472 g/mol. The van der Waals surface area contributed by atoms with Gasteiger partial charge in [-0.15, -0.1) is 11.3 Å². The fraction of sp³-hybridized carbons (Fsp3) is 0.350. The third-order valence-electron chi connectivity index (χ3n) is 5.00. The highest BCUT2D eigenvalue weighted by Gasteiger charge is 2.25. The number of quaternary nitrogens is 1. The summed E-state index contributed by atoms with van der Waals surface area (Å²) in [5.74, 6) is 0.0800. The molecule has 1 aliphatic rings. The summed E-state index contributed by atoms with van der Waals surface area (Å²) in [7, 11) is 2.18. The van der Waals surface area contributed by atoms with Crippen LogP contribution in [0.1, 0.15) is 17.4 Å². The molecule has 1 aromatic carbocycles. The molecule has 1 unspecified atom stereocenters. The van der Waals surface area contributed by atoms with Crippen molar-refractivity contribution in [3.8, 4) is 0 Å². The summed E-state index contributed by atoms with van der Waals surface area (Å²) < 4.78 is 2.65. The normalized spacial score (nSPS) is 16.0. The Labute approximate surface area is 185 Å². The number of rotatable bonds is 5. The van der Waals surface area contributed by atoms with Crippen LogP contribution < -0.4 is 15.8 Å². The Kier molecular flexibility index (Phi) is 6.10. The van der Waals surface area contributed by atoms with Crippen molar-refractivity contribution < 1.29 is 9.69 Å². The molecule has 0 spiro atoms. The van der Waals surface area contributed by atoms with Gasteiger partial charge in [0.05, 0.1) is 29.6 Å². The van der Waals surface area contributed by atoms with Crippen molar-refractivity contribution in [2.45, 2.75) is 31.6 Å². The lowest BCUT2D eigenvalue weighted by molar-refractivity contribution is -0.895. The zero-order valence-electron chi connectivity index (χ0n) is 16.3. The predicted octanol–water partition coefficient (Wildman–Crippen LogP) is 2.54. The highest BCUT2D eigenvalue weighted by atomic mass is 79.9. The molecule has 29 heavy (non-hydrogen) atoms. The largest absolute Gasteiger partial charge is 0.333 e. The van der Waals surface area contributed by atoms with Crippen molar-refractivity contribution in [2.75, 3.05) is 24.7 Å². The zero-order valence-corrected chi connectivity index (χ0v) is 19.5. The lowest BCUT2D eigenvalue weighted by atomic mass is 10.1. The minimum atomic E-state index is -0.120. The number of likely N-dealkylation sites (N-methyl/N-ethyl adjacent to an activating group) is 1. The first-order chi connectivity index (χ1) is 14.0. The number of fused-ring (bicyclic) bond motifs is 3. The molecule has 6 nitrogen and oxygen atoms in total. The van der Waals surface area contributed by atoms with Gasteiger partial charge >= 0.3 is 0 Å². The molecule has 0 saturated carbocycles. The van der Waals surface area contributed by atoms with E-state index in [9.17, 15) is 9.59 Å². The molecule has 1 atom stereocenters. The van der Waals surface area contributed by atoms with E-state index >= 15 is 0 Å². The molecular formula is C20H22BrN4O2S2+. The van der Waals surface area contributed by atoms with Gasteiger partial charge in [-0.05, 0) is 36.8 Å². The Morgan fingerprint density at radius 3 is 2.86 bits per heavy atom. The van der Waals surface area contributed by atoms with E-state index in [1.165, 1.54) is 27.1 Å². The van der Waals surface area contributed by atoms with Crippen LogP contribution in [-0.4, -0.2) is 34.8 Å². The van der Waals surface area contributed by atoms with Crippen molar-refractivity contribution in [2.24, 2.45) is 0 Å². The molecule has 152 valence electrons. The first-order valence-electron chi connectivity index (χ1n) is 9.51. The van der Waals surface area contributed by atoms with E-state index in [1.807, 2.05) is 31.2 Å². The van der Waals surface area contributed by atoms with E-state index in [0.717, 1.165) is 39.9 Å². The number of carbonyl (C=O) groups is 1. The number of halogens is 1. The van der Waals surface area contributed by atoms with Crippen LogP contribution in [0.3, 0.4) is 0 Å². The van der Waals surface area contributed by atoms with E-state index in [0.29, 0.717) is 11.7 Å². The van der Waals surface area contributed by atoms with Crippen molar-refractivity contribution in [3.63, 3.8) is 0 Å². The van der Waals surface area contributed by atoms with E-state index in [4.69, 9.17) is 4.98 Å². The quantitative estimate of drug-likeness (QED) is 0.423. The smallest absolute Gasteiger partial charge is 0.263 e. The molecule has 2 N–H and O–H groups in total. The standard InChI is InChI=1S/C20H21BrN4O2S2/c1-3-25-19(27)17-14-8-9-24(2)10-15(14)29-18(17)23-20(25)28-11-16(26)22-13-6-4-12(21)5-7-13/h4-7H,3,8-11H2,1-2H3,(H,22,26)/p+1. The molecule has 9 heteroatoms. The second-order valence-electron chi connectivity index (χ2n) is 7.11. The molecule has 1 amide bonds. The Morgan fingerprint density at radius 2 is 2.14 bits per heavy atom. The Balaban J connectivity index is 1.57. The lowest BCUT2D eigenvalue weighted by Gasteiger charge is -2.19. The van der Waals surface area contributed by atoms with E-state index in [2.05, 4.69) is 28.3 Å². The molecule has 3 aromatic rings. The molecule has 0 bridgehead atoms. The molecule has 1 aliphatic heterocycles. The monoisotopic (exact) mass is 493 g/mol. The third kappa shape index (κ3) is 4.28. The summed E-state index contributed by atoms with van der Waals surface area (Å²) in [5.41, 5.74) is 1.94. The highest BCUT2D eigenvalue weighted by molar-refractivity contribution is 9.10. The molecule has 3 heterocycles. The van der Waals surface area contributed by atoms with Crippen LogP contribution >= 0.6 is 39.0 Å². The number of amides is 1. The second-order valence-corrected chi connectivity index (χ2v) is 10.0. The Morgan fingerprint density at radius 1 is 1.38 bits per heavy atom. The lowest BCUT2D eigenvalue weighted by Crippen LogP contribution is -3.08. The summed E-state index contributed by atoms with van der Waals surface area (Å²) in [6.45, 7) is 4.46. The molecule has 0 aliphatic carbocycles. The van der Waals surface area contributed by atoms with Crippen molar-refractivity contribution >= 4 is 60.8 Å². The summed E-state index contributed by atoms with van der Waals surface area (Å²) in [5, 5.41) is 4.26. The maximum absolute atomic E-state index is 13.2. The van der Waals surface area contributed by atoms with E-state index in [-0.39, 0.29) is 17.2 Å². The topological polar surface area (TPSA) is 68.4 Å². The number of thioether (sulfide) groups is 1. The van der Waals surface area contributed by atoms with Gasteiger partial charge in [-0.25, -0.2) is 4.98 Å². The first-order valence-corrected chi connectivity index (χ1v) is 12.1. The van der Waals surface area contributed by atoms with Gasteiger partial charge in [-0.3, -0.25) is 14.2 Å². The maximum Gasteiger partial charge on any atom is 0.263 e. The number of nitrogens with one attached hydrogen (secondary N) is 2. The second kappa shape index (κ2) is 8.59. The van der Waals surface area contributed by atoms with Crippen LogP contribution in [-0.2, 0) is 24.3 Å². The average molecular weight is 494 g/mol. The number of carbonyl (C=O) groups excluding carboxylic acids is 1. The van der Waals surface area contributed by atoms with Crippen LogP contribution in [0, 0.1) is 0 Å². The van der Waals surface area contributed by atoms with Gasteiger partial charge in [0, 0.05) is 23.1 Å². The number of anilines is 1. The number of nitrogens with zero attached hydrogens (tertiary/aromatic N) is 2. The van der Waals surface area contributed by atoms with Gasteiger partial charge in [-0.1, -0.05) is 27.7 Å². The van der Waals surface area contributed by atoms with Crippen LogP contribution in [0.25, 0.3) is 10.2 Å². The Hall–Kier alpha value is -1.68. The summed E-state index contributed by atoms with van der Waals surface area (Å²) in [6, 6.07) is 7.44. The number of aromatic nitrogens is 2. The zero-order chi connectivity index (χ0) is 20.5. The van der Waals surface area contributed by atoms with Crippen LogP contribution in [0.2, 0.25) is 0 Å². The third-order valence-corrected chi connectivity index (χ3v) is 7.63. The number of thiophene rings is 1. The van der Waals surface area contributed by atoms with Gasteiger partial charge in [0.1, 0.15) is 11.4 Å². The molecule has 0 fully saturated rings. The number of hydrogen-bond acceptors (Lipinski definition) is 5. The van der Waals surface area contributed by atoms with Crippen LogP contribution in [0.15, 0.2) is 38.7 Å². The van der Waals surface area contributed by atoms with Crippen molar-refractivity contribution in [1.29, 1.82) is 0 Å². The minimum absolute atomic E-state index is 0.0189. The predicted molar refractivity (Wildman–Crippen MR) is 122 cm³/mol. The Bertz CT molecular complexity index is 1120. The van der Waals surface area contributed by atoms with Gasteiger partial charge in [0.2, 0.25) is 5.91 Å². The van der Waals surface area contributed by atoms with Crippen molar-refractivity contribution in [3.05, 3.63) is 49.5 Å². The molecule has 2 aromatic heterocycles. The number of hydrogen-bond donors (Lipinski definition) is 2. The fourth-order valence-corrected chi connectivity index (χ4v) is 6.03. The van der Waals surface area contributed by atoms with Gasteiger partial charge in [0.25, 0.3) is 5.56 Å². The van der Waals surface area contributed by atoms with Crippen LogP contribution in [0.5, 0.6) is 0 Å². The summed E-state index contributed by atoms with van der Waals surface area (Å²) >= 11 is 6.32. The van der Waals surface area contributed by atoms with E-state index in [1.54, 1.807) is 15.9 Å². The van der Waals surface area contributed by atoms with Crippen molar-refractivity contribution in [1.82, 2.24) is 9.55 Å². The maximum atomic E-state index is 13.2. The minimum Gasteiger partial charge on any atom is -0.333 e. The van der Waals surface area contributed by atoms with E-state index < -0.39 is 0 Å². The first kappa shape index (κ1) is 20.6. The fourth-order valence-electron chi connectivity index (χ4n) is 3.52. The molecule has 0 saturated heterocycles. The average Bonchev–Trinajstić information content (AvgIpc) is 3.05.